The van der Waals surface area contributed by atoms with Crippen LogP contribution in [0, 0.1) is 5.41 Å². The molecule has 2 aliphatic heterocycles. The van der Waals surface area contributed by atoms with E-state index >= 15 is 0 Å². The lowest BCUT2D eigenvalue weighted by molar-refractivity contribution is -0.125. The summed E-state index contributed by atoms with van der Waals surface area (Å²) in [5.41, 5.74) is 0.00968. The topological polar surface area (TPSA) is 49.4 Å². The highest BCUT2D eigenvalue weighted by molar-refractivity contribution is 5.87. The maximum absolute atomic E-state index is 11.3. The normalized spacial score (nSPS) is 30.9. The summed E-state index contributed by atoms with van der Waals surface area (Å²) in [7, 11) is 0. The van der Waals surface area contributed by atoms with Crippen LogP contribution >= 0.6 is 0 Å². The summed E-state index contributed by atoms with van der Waals surface area (Å²) in [5.74, 6) is 0.0825. The average molecular weight is 194 g/mol. The Hall–Kier alpha value is -1.32. The molecular weight excluding hydrogens is 180 g/mol. The Morgan fingerprint density at radius 1 is 1.64 bits per heavy atom. The molecule has 1 spiro atoms. The number of nitrogens with zero attached hydrogens (tertiary/aromatic N) is 1. The monoisotopic (exact) mass is 194 g/mol. The molecule has 2 fully saturated rings. The van der Waals surface area contributed by atoms with Crippen molar-refractivity contribution in [2.24, 2.45) is 5.41 Å². The molecule has 0 aromatic rings. The second-order valence-electron chi connectivity index (χ2n) is 4.17. The van der Waals surface area contributed by atoms with Crippen LogP contribution in [0.2, 0.25) is 0 Å². The molecule has 0 bridgehead atoms. The molecular formula is C10H14N2O2. The SMILES string of the molecule is C=CC(=O)N1CCC2(CNC(=O)C2)C1. The van der Waals surface area contributed by atoms with E-state index in [1.165, 1.54) is 6.08 Å². The number of rotatable bonds is 1. The van der Waals surface area contributed by atoms with Crippen LogP contribution in [0.4, 0.5) is 0 Å². The highest BCUT2D eigenvalue weighted by Gasteiger charge is 2.44. The van der Waals surface area contributed by atoms with Crippen LogP contribution < -0.4 is 5.32 Å². The van der Waals surface area contributed by atoms with E-state index in [-0.39, 0.29) is 17.2 Å². The van der Waals surface area contributed by atoms with Crippen LogP contribution in [0.3, 0.4) is 0 Å². The summed E-state index contributed by atoms with van der Waals surface area (Å²) in [6, 6.07) is 0. The van der Waals surface area contributed by atoms with Gasteiger partial charge in [0.1, 0.15) is 0 Å². The number of carbonyl (C=O) groups excluding carboxylic acids is 2. The molecule has 1 unspecified atom stereocenters. The third-order valence-corrected chi connectivity index (χ3v) is 3.12. The van der Waals surface area contributed by atoms with E-state index in [4.69, 9.17) is 0 Å². The molecule has 14 heavy (non-hydrogen) atoms. The molecule has 2 saturated heterocycles. The number of hydrogen-bond acceptors (Lipinski definition) is 2. The van der Waals surface area contributed by atoms with Crippen LogP contribution in [-0.4, -0.2) is 36.3 Å². The summed E-state index contributed by atoms with van der Waals surface area (Å²) < 4.78 is 0. The van der Waals surface area contributed by atoms with Gasteiger partial charge in [-0.2, -0.15) is 0 Å². The van der Waals surface area contributed by atoms with Gasteiger partial charge in [-0.05, 0) is 12.5 Å². The molecule has 0 aromatic heterocycles. The largest absolute Gasteiger partial charge is 0.355 e. The van der Waals surface area contributed by atoms with Crippen molar-refractivity contribution in [1.82, 2.24) is 10.2 Å². The smallest absolute Gasteiger partial charge is 0.245 e. The maximum atomic E-state index is 11.3. The lowest BCUT2D eigenvalue weighted by Gasteiger charge is -2.20. The van der Waals surface area contributed by atoms with Crippen molar-refractivity contribution in [3.8, 4) is 0 Å². The number of nitrogens with one attached hydrogen (secondary N) is 1. The Balaban J connectivity index is 2.04. The standard InChI is InChI=1S/C10H14N2O2/c1-2-9(14)12-4-3-10(7-12)5-8(13)11-6-10/h2H,1,3-7H2,(H,11,13). The molecule has 1 atom stereocenters. The summed E-state index contributed by atoms with van der Waals surface area (Å²) in [4.78, 5) is 24.2. The van der Waals surface area contributed by atoms with Gasteiger partial charge in [-0.1, -0.05) is 6.58 Å². The van der Waals surface area contributed by atoms with Crippen molar-refractivity contribution in [2.75, 3.05) is 19.6 Å². The van der Waals surface area contributed by atoms with Crippen molar-refractivity contribution in [3.63, 3.8) is 0 Å². The second kappa shape index (κ2) is 3.12. The van der Waals surface area contributed by atoms with E-state index < -0.39 is 0 Å². The molecule has 2 aliphatic rings. The predicted molar refractivity (Wildman–Crippen MR) is 51.5 cm³/mol. The predicted octanol–water partition coefficient (Wildman–Crippen LogP) is -0.0890. The Morgan fingerprint density at radius 3 is 3.00 bits per heavy atom. The van der Waals surface area contributed by atoms with Gasteiger partial charge in [0.15, 0.2) is 0 Å². The number of amides is 2. The molecule has 2 rings (SSSR count). The van der Waals surface area contributed by atoms with Crippen LogP contribution in [0.15, 0.2) is 12.7 Å². The fraction of sp³-hybridized carbons (Fsp3) is 0.600. The molecule has 0 saturated carbocycles. The van der Waals surface area contributed by atoms with Gasteiger partial charge in [-0.3, -0.25) is 9.59 Å². The van der Waals surface area contributed by atoms with Gasteiger partial charge in [0.2, 0.25) is 11.8 Å². The fourth-order valence-corrected chi connectivity index (χ4v) is 2.29. The Labute approximate surface area is 83.0 Å². The first kappa shape index (κ1) is 9.24. The molecule has 0 radical (unpaired) electrons. The highest BCUT2D eigenvalue weighted by atomic mass is 16.2. The summed E-state index contributed by atoms with van der Waals surface area (Å²) in [6.45, 7) is 5.62. The zero-order chi connectivity index (χ0) is 10.2. The Kier molecular flexibility index (Phi) is 2.06. The first-order valence-electron chi connectivity index (χ1n) is 4.83. The van der Waals surface area contributed by atoms with Crippen molar-refractivity contribution in [2.45, 2.75) is 12.8 Å². The fourth-order valence-electron chi connectivity index (χ4n) is 2.29. The third kappa shape index (κ3) is 1.41. The van der Waals surface area contributed by atoms with E-state index in [0.717, 1.165) is 13.0 Å². The van der Waals surface area contributed by atoms with E-state index in [1.54, 1.807) is 4.90 Å². The van der Waals surface area contributed by atoms with Crippen LogP contribution in [0.1, 0.15) is 12.8 Å². The first-order chi connectivity index (χ1) is 6.65. The van der Waals surface area contributed by atoms with Gasteiger partial charge in [-0.25, -0.2) is 0 Å². The Morgan fingerprint density at radius 2 is 2.43 bits per heavy atom. The minimum atomic E-state index is -0.0266. The summed E-state index contributed by atoms with van der Waals surface area (Å²) >= 11 is 0. The van der Waals surface area contributed by atoms with Crippen molar-refractivity contribution in [3.05, 3.63) is 12.7 Å². The van der Waals surface area contributed by atoms with E-state index in [0.29, 0.717) is 19.5 Å². The summed E-state index contributed by atoms with van der Waals surface area (Å²) in [5, 5.41) is 2.83. The van der Waals surface area contributed by atoms with Gasteiger partial charge in [-0.15, -0.1) is 0 Å². The minimum absolute atomic E-state index is 0.00968. The molecule has 0 aromatic carbocycles. The van der Waals surface area contributed by atoms with Gasteiger partial charge in [0.25, 0.3) is 0 Å². The number of carbonyl (C=O) groups is 2. The lowest BCUT2D eigenvalue weighted by Crippen LogP contribution is -2.32. The van der Waals surface area contributed by atoms with Crippen molar-refractivity contribution < 1.29 is 9.59 Å². The highest BCUT2D eigenvalue weighted by Crippen LogP contribution is 2.36. The van der Waals surface area contributed by atoms with Gasteiger partial charge in [0, 0.05) is 31.5 Å². The third-order valence-electron chi connectivity index (χ3n) is 3.12. The van der Waals surface area contributed by atoms with Crippen molar-refractivity contribution >= 4 is 11.8 Å². The van der Waals surface area contributed by atoms with Crippen LogP contribution in [0.5, 0.6) is 0 Å². The van der Waals surface area contributed by atoms with Gasteiger partial charge >= 0.3 is 0 Å². The minimum Gasteiger partial charge on any atom is -0.355 e. The van der Waals surface area contributed by atoms with Gasteiger partial charge < -0.3 is 10.2 Å². The van der Waals surface area contributed by atoms with Crippen molar-refractivity contribution in [1.29, 1.82) is 0 Å². The zero-order valence-corrected chi connectivity index (χ0v) is 8.08. The average Bonchev–Trinajstić information content (AvgIpc) is 2.74. The van der Waals surface area contributed by atoms with Crippen LogP contribution in [-0.2, 0) is 9.59 Å². The van der Waals surface area contributed by atoms with Crippen LogP contribution in [0.25, 0.3) is 0 Å². The van der Waals surface area contributed by atoms with E-state index in [1.807, 2.05) is 0 Å². The number of likely N-dealkylation sites (tertiary alicyclic amines) is 1. The molecule has 76 valence electrons. The molecule has 0 aliphatic carbocycles. The van der Waals surface area contributed by atoms with Gasteiger partial charge in [0.05, 0.1) is 0 Å². The number of hydrogen-bond donors (Lipinski definition) is 1. The van der Waals surface area contributed by atoms with E-state index in [9.17, 15) is 9.59 Å². The second-order valence-corrected chi connectivity index (χ2v) is 4.17. The molecule has 4 nitrogen and oxygen atoms in total. The molecule has 4 heteroatoms. The Bertz CT molecular complexity index is 300. The quantitative estimate of drug-likeness (QED) is 0.593. The van der Waals surface area contributed by atoms with E-state index in [2.05, 4.69) is 11.9 Å². The molecule has 1 N–H and O–H groups in total. The zero-order valence-electron chi connectivity index (χ0n) is 8.08. The lowest BCUT2D eigenvalue weighted by atomic mass is 9.86. The molecule has 2 heterocycles. The molecule has 2 amide bonds. The summed E-state index contributed by atoms with van der Waals surface area (Å²) in [6.07, 6.45) is 2.82. The first-order valence-corrected chi connectivity index (χ1v) is 4.83. The maximum Gasteiger partial charge on any atom is 0.245 e.